The van der Waals surface area contributed by atoms with Crippen molar-refractivity contribution in [2.45, 2.75) is 6.92 Å². The second-order valence-corrected chi connectivity index (χ2v) is 3.37. The lowest BCUT2D eigenvalue weighted by atomic mass is 10.2. The molecule has 1 aromatic rings. The van der Waals surface area contributed by atoms with E-state index in [9.17, 15) is 9.59 Å². The van der Waals surface area contributed by atoms with Crippen LogP contribution in [0.2, 0.25) is 0 Å². The Morgan fingerprint density at radius 3 is 3.07 bits per heavy atom. The summed E-state index contributed by atoms with van der Waals surface area (Å²) in [7, 11) is 0. The predicted molar refractivity (Wildman–Crippen MR) is 50.2 cm³/mol. The molecule has 1 aliphatic heterocycles. The van der Waals surface area contributed by atoms with Crippen molar-refractivity contribution >= 4 is 11.8 Å². The van der Waals surface area contributed by atoms with Gasteiger partial charge < -0.3 is 14.7 Å². The van der Waals surface area contributed by atoms with Crippen molar-refractivity contribution in [2.24, 2.45) is 0 Å². The third-order valence-electron chi connectivity index (χ3n) is 2.31. The van der Waals surface area contributed by atoms with Crippen LogP contribution in [0, 0.1) is 6.92 Å². The molecule has 6 nitrogen and oxygen atoms in total. The van der Waals surface area contributed by atoms with E-state index in [-0.39, 0.29) is 18.4 Å². The Morgan fingerprint density at radius 1 is 1.67 bits per heavy atom. The highest BCUT2D eigenvalue weighted by atomic mass is 16.5. The summed E-state index contributed by atoms with van der Waals surface area (Å²) in [6.07, 6.45) is 1.38. The van der Waals surface area contributed by atoms with Gasteiger partial charge in [-0.3, -0.25) is 9.59 Å². The number of aromatic nitrogens is 1. The summed E-state index contributed by atoms with van der Waals surface area (Å²) in [6, 6.07) is 0. The van der Waals surface area contributed by atoms with Gasteiger partial charge in [0.15, 0.2) is 0 Å². The second-order valence-electron chi connectivity index (χ2n) is 3.37. The summed E-state index contributed by atoms with van der Waals surface area (Å²) >= 11 is 0. The molecule has 0 unspecified atom stereocenters. The van der Waals surface area contributed by atoms with Crippen molar-refractivity contribution in [3.63, 3.8) is 0 Å². The maximum Gasteiger partial charge on any atom is 0.259 e. The highest BCUT2D eigenvalue weighted by molar-refractivity contribution is 5.97. The molecule has 0 saturated carbocycles. The molecule has 1 aliphatic rings. The number of carbonyl (C=O) groups is 2. The van der Waals surface area contributed by atoms with Crippen LogP contribution in [0.25, 0.3) is 0 Å². The first kappa shape index (κ1) is 9.70. The molecule has 0 aliphatic carbocycles. The van der Waals surface area contributed by atoms with Crippen LogP contribution >= 0.6 is 0 Å². The van der Waals surface area contributed by atoms with Gasteiger partial charge in [-0.1, -0.05) is 5.16 Å². The minimum absolute atomic E-state index is 0.101. The molecule has 6 heteroatoms. The third kappa shape index (κ3) is 1.83. The molecular formula is C9H11N3O3. The van der Waals surface area contributed by atoms with Gasteiger partial charge in [0, 0.05) is 13.1 Å². The number of hydrogen-bond acceptors (Lipinski definition) is 4. The summed E-state index contributed by atoms with van der Waals surface area (Å²) in [5, 5.41) is 6.19. The predicted octanol–water partition coefficient (Wildman–Crippen LogP) is -0.445. The van der Waals surface area contributed by atoms with Crippen LogP contribution in [-0.4, -0.2) is 41.5 Å². The van der Waals surface area contributed by atoms with Crippen LogP contribution in [0.5, 0.6) is 0 Å². The molecule has 15 heavy (non-hydrogen) atoms. The van der Waals surface area contributed by atoms with Gasteiger partial charge in [-0.05, 0) is 6.92 Å². The normalized spacial score (nSPS) is 16.3. The van der Waals surface area contributed by atoms with Gasteiger partial charge in [0.2, 0.25) is 5.91 Å². The van der Waals surface area contributed by atoms with Crippen LogP contribution < -0.4 is 5.32 Å². The number of carbonyl (C=O) groups excluding carboxylic acids is 2. The molecule has 2 heterocycles. The zero-order valence-electron chi connectivity index (χ0n) is 8.32. The quantitative estimate of drug-likeness (QED) is 0.680. The molecule has 0 spiro atoms. The Balaban J connectivity index is 2.14. The topological polar surface area (TPSA) is 75.4 Å². The number of piperazine rings is 1. The zero-order valence-corrected chi connectivity index (χ0v) is 8.32. The van der Waals surface area contributed by atoms with E-state index in [4.69, 9.17) is 4.52 Å². The SMILES string of the molecule is Cc1oncc1C(=O)N1CCNC(=O)C1. The maximum absolute atomic E-state index is 11.9. The second kappa shape index (κ2) is 3.72. The number of rotatable bonds is 1. The van der Waals surface area contributed by atoms with Gasteiger partial charge in [-0.25, -0.2) is 0 Å². The monoisotopic (exact) mass is 209 g/mol. The van der Waals surface area contributed by atoms with E-state index in [1.165, 1.54) is 11.1 Å². The average Bonchev–Trinajstić information content (AvgIpc) is 2.63. The number of nitrogens with one attached hydrogen (secondary N) is 1. The first-order chi connectivity index (χ1) is 7.18. The first-order valence-electron chi connectivity index (χ1n) is 4.65. The van der Waals surface area contributed by atoms with Crippen LogP contribution in [0.1, 0.15) is 16.1 Å². The maximum atomic E-state index is 11.9. The van der Waals surface area contributed by atoms with Crippen molar-refractivity contribution in [2.75, 3.05) is 19.6 Å². The lowest BCUT2D eigenvalue weighted by Gasteiger charge is -2.26. The van der Waals surface area contributed by atoms with E-state index in [1.54, 1.807) is 6.92 Å². The van der Waals surface area contributed by atoms with E-state index in [1.807, 2.05) is 0 Å². The fraction of sp³-hybridized carbons (Fsp3) is 0.444. The summed E-state index contributed by atoms with van der Waals surface area (Å²) in [6.45, 7) is 2.79. The van der Waals surface area contributed by atoms with E-state index in [0.29, 0.717) is 24.4 Å². The minimum atomic E-state index is -0.205. The highest BCUT2D eigenvalue weighted by Crippen LogP contribution is 2.10. The third-order valence-corrected chi connectivity index (χ3v) is 2.31. The fourth-order valence-electron chi connectivity index (χ4n) is 1.49. The Kier molecular flexibility index (Phi) is 2.40. The largest absolute Gasteiger partial charge is 0.361 e. The fourth-order valence-corrected chi connectivity index (χ4v) is 1.49. The zero-order chi connectivity index (χ0) is 10.8. The van der Waals surface area contributed by atoms with Crippen molar-refractivity contribution < 1.29 is 14.1 Å². The van der Waals surface area contributed by atoms with Gasteiger partial charge in [-0.2, -0.15) is 0 Å². The molecule has 0 radical (unpaired) electrons. The number of amides is 2. The standard InChI is InChI=1S/C9H11N3O3/c1-6-7(4-11-15-6)9(14)12-3-2-10-8(13)5-12/h4H,2-3,5H2,1H3,(H,10,13). The molecule has 0 bridgehead atoms. The van der Waals surface area contributed by atoms with Crippen LogP contribution in [0.3, 0.4) is 0 Å². The van der Waals surface area contributed by atoms with E-state index in [0.717, 1.165) is 0 Å². The van der Waals surface area contributed by atoms with E-state index in [2.05, 4.69) is 10.5 Å². The number of hydrogen-bond donors (Lipinski definition) is 1. The molecule has 1 fully saturated rings. The molecule has 0 atom stereocenters. The van der Waals surface area contributed by atoms with Crippen molar-refractivity contribution in [1.29, 1.82) is 0 Å². The summed E-state index contributed by atoms with van der Waals surface area (Å²) in [5.74, 6) is 0.137. The Bertz CT molecular complexity index is 399. The van der Waals surface area contributed by atoms with Gasteiger partial charge in [0.05, 0.1) is 12.7 Å². The molecule has 1 aromatic heterocycles. The van der Waals surface area contributed by atoms with Gasteiger partial charge in [0.25, 0.3) is 5.91 Å². The minimum Gasteiger partial charge on any atom is -0.361 e. The lowest BCUT2D eigenvalue weighted by Crippen LogP contribution is -2.50. The van der Waals surface area contributed by atoms with Gasteiger partial charge >= 0.3 is 0 Å². The Labute approximate surface area is 86.2 Å². The van der Waals surface area contributed by atoms with E-state index < -0.39 is 0 Å². The van der Waals surface area contributed by atoms with Crippen molar-refractivity contribution in [1.82, 2.24) is 15.4 Å². The summed E-state index contributed by atoms with van der Waals surface area (Å²) in [5.41, 5.74) is 0.421. The highest BCUT2D eigenvalue weighted by Gasteiger charge is 2.24. The molecule has 2 rings (SSSR count). The van der Waals surface area contributed by atoms with Crippen LogP contribution in [0.15, 0.2) is 10.7 Å². The van der Waals surface area contributed by atoms with Crippen LogP contribution in [0.4, 0.5) is 0 Å². The lowest BCUT2D eigenvalue weighted by molar-refractivity contribution is -0.123. The Hall–Kier alpha value is -1.85. The molecule has 1 saturated heterocycles. The average molecular weight is 209 g/mol. The summed E-state index contributed by atoms with van der Waals surface area (Å²) in [4.78, 5) is 24.4. The molecular weight excluding hydrogens is 198 g/mol. The molecule has 0 aromatic carbocycles. The van der Waals surface area contributed by atoms with Crippen molar-refractivity contribution in [3.8, 4) is 0 Å². The first-order valence-corrected chi connectivity index (χ1v) is 4.65. The molecule has 2 amide bonds. The van der Waals surface area contributed by atoms with E-state index >= 15 is 0 Å². The Morgan fingerprint density at radius 2 is 2.47 bits per heavy atom. The van der Waals surface area contributed by atoms with Crippen LogP contribution in [-0.2, 0) is 4.79 Å². The number of nitrogens with zero attached hydrogens (tertiary/aromatic N) is 2. The number of aryl methyl sites for hydroxylation is 1. The van der Waals surface area contributed by atoms with Crippen molar-refractivity contribution in [3.05, 3.63) is 17.5 Å². The van der Waals surface area contributed by atoms with Gasteiger partial charge in [0.1, 0.15) is 11.3 Å². The smallest absolute Gasteiger partial charge is 0.259 e. The summed E-state index contributed by atoms with van der Waals surface area (Å²) < 4.78 is 4.81. The van der Waals surface area contributed by atoms with Gasteiger partial charge in [-0.15, -0.1) is 0 Å². The molecule has 80 valence electrons. The molecule has 1 N–H and O–H groups in total.